The van der Waals surface area contributed by atoms with Gasteiger partial charge in [-0.25, -0.2) is 4.99 Å². The van der Waals surface area contributed by atoms with E-state index in [1.54, 1.807) is 19.9 Å². The number of rotatable bonds is 6. The van der Waals surface area contributed by atoms with E-state index >= 15 is 0 Å². The molecule has 23 heavy (non-hydrogen) atoms. The highest BCUT2D eigenvalue weighted by molar-refractivity contribution is 7.07. The van der Waals surface area contributed by atoms with Crippen molar-refractivity contribution in [2.45, 2.75) is 26.3 Å². The second-order valence-corrected chi connectivity index (χ2v) is 6.20. The summed E-state index contributed by atoms with van der Waals surface area (Å²) >= 11 is 7.86. The maximum Gasteiger partial charge on any atom is 0.313 e. The number of ether oxygens (including phenoxy) is 1. The molecular weight excluding hydrogens is 332 g/mol. The highest BCUT2D eigenvalue weighted by Crippen LogP contribution is 2.29. The van der Waals surface area contributed by atoms with Crippen molar-refractivity contribution in [2.24, 2.45) is 4.99 Å². The molecule has 0 saturated heterocycles. The molecule has 2 rings (SSSR count). The van der Waals surface area contributed by atoms with Crippen LogP contribution >= 0.6 is 22.9 Å². The van der Waals surface area contributed by atoms with Gasteiger partial charge >= 0.3 is 5.97 Å². The molecule has 0 spiro atoms. The fraction of sp³-hybridized carbons (Fsp3) is 0.294. The van der Waals surface area contributed by atoms with Crippen LogP contribution in [0.3, 0.4) is 0 Å². The summed E-state index contributed by atoms with van der Waals surface area (Å²) in [5.74, 6) is -0.607. The Morgan fingerprint density at radius 1 is 1.57 bits per heavy atom. The van der Waals surface area contributed by atoms with Gasteiger partial charge in [-0.1, -0.05) is 23.7 Å². The van der Waals surface area contributed by atoms with Gasteiger partial charge in [-0.05, 0) is 31.5 Å². The predicted molar refractivity (Wildman–Crippen MR) is 94.2 cm³/mol. The van der Waals surface area contributed by atoms with Crippen LogP contribution in [0.4, 0.5) is 5.69 Å². The Bertz CT molecular complexity index is 764. The van der Waals surface area contributed by atoms with Crippen molar-refractivity contribution in [2.75, 3.05) is 6.61 Å². The lowest BCUT2D eigenvalue weighted by Crippen LogP contribution is -2.13. The summed E-state index contributed by atoms with van der Waals surface area (Å²) < 4.78 is 7.03. The molecule has 0 aliphatic carbocycles. The van der Waals surface area contributed by atoms with Crippen LogP contribution in [-0.4, -0.2) is 17.1 Å². The molecule has 0 aliphatic rings. The van der Waals surface area contributed by atoms with Crippen molar-refractivity contribution in [1.82, 2.24) is 4.57 Å². The molecule has 0 saturated carbocycles. The molecule has 1 unspecified atom stereocenters. The average Bonchev–Trinajstić information content (AvgIpc) is 2.96. The van der Waals surface area contributed by atoms with Crippen LogP contribution in [0, 0.1) is 0 Å². The van der Waals surface area contributed by atoms with Gasteiger partial charge in [0.2, 0.25) is 0 Å². The minimum absolute atomic E-state index is 0.254. The molecule has 4 nitrogen and oxygen atoms in total. The highest BCUT2D eigenvalue weighted by Gasteiger charge is 2.17. The molecule has 0 radical (unpaired) electrons. The number of allylic oxidation sites excluding steroid dienone is 1. The predicted octanol–water partition coefficient (Wildman–Crippen LogP) is 4.29. The van der Waals surface area contributed by atoms with E-state index in [1.165, 1.54) is 11.3 Å². The lowest BCUT2D eigenvalue weighted by Gasteiger charge is -2.11. The second-order valence-electron chi connectivity index (χ2n) is 4.92. The van der Waals surface area contributed by atoms with E-state index in [0.29, 0.717) is 23.9 Å². The number of carbonyl (C=O) groups excluding carboxylic acids is 1. The van der Waals surface area contributed by atoms with Gasteiger partial charge in [0.1, 0.15) is 0 Å². The zero-order valence-electron chi connectivity index (χ0n) is 13.2. The Kier molecular flexibility index (Phi) is 6.19. The number of hydrogen-bond acceptors (Lipinski definition) is 4. The molecule has 0 fully saturated rings. The van der Waals surface area contributed by atoms with Crippen LogP contribution in [0.25, 0.3) is 0 Å². The van der Waals surface area contributed by atoms with Crippen LogP contribution < -0.4 is 4.80 Å². The zero-order valence-corrected chi connectivity index (χ0v) is 14.7. The monoisotopic (exact) mass is 350 g/mol. The van der Waals surface area contributed by atoms with Gasteiger partial charge in [-0.3, -0.25) is 4.79 Å². The van der Waals surface area contributed by atoms with Gasteiger partial charge in [0.15, 0.2) is 4.80 Å². The number of halogens is 1. The topological polar surface area (TPSA) is 43.6 Å². The van der Waals surface area contributed by atoms with Gasteiger partial charge in [0, 0.05) is 18.1 Å². The van der Waals surface area contributed by atoms with E-state index in [0.717, 1.165) is 10.4 Å². The Morgan fingerprint density at radius 3 is 3.00 bits per heavy atom. The molecule has 1 aromatic carbocycles. The van der Waals surface area contributed by atoms with E-state index in [9.17, 15) is 4.79 Å². The summed E-state index contributed by atoms with van der Waals surface area (Å²) in [5, 5.41) is 2.48. The molecule has 122 valence electrons. The summed E-state index contributed by atoms with van der Waals surface area (Å²) in [6, 6.07) is 5.45. The zero-order chi connectivity index (χ0) is 16.8. The first-order valence-corrected chi connectivity index (χ1v) is 8.58. The summed E-state index contributed by atoms with van der Waals surface area (Å²) in [5.41, 5.74) is 1.49. The summed E-state index contributed by atoms with van der Waals surface area (Å²) in [6.07, 6.45) is 3.77. The van der Waals surface area contributed by atoms with Gasteiger partial charge in [0.05, 0.1) is 23.2 Å². The van der Waals surface area contributed by atoms with Crippen LogP contribution in [0.5, 0.6) is 0 Å². The molecule has 1 aromatic heterocycles. The second kappa shape index (κ2) is 8.13. The van der Waals surface area contributed by atoms with E-state index < -0.39 is 0 Å². The van der Waals surface area contributed by atoms with Crippen LogP contribution in [-0.2, 0) is 16.1 Å². The van der Waals surface area contributed by atoms with Crippen molar-refractivity contribution in [3.63, 3.8) is 0 Å². The van der Waals surface area contributed by atoms with E-state index in [1.807, 2.05) is 34.4 Å². The molecule has 2 aromatic rings. The van der Waals surface area contributed by atoms with Crippen molar-refractivity contribution in [3.05, 3.63) is 57.8 Å². The lowest BCUT2D eigenvalue weighted by atomic mass is 10.0. The highest BCUT2D eigenvalue weighted by atomic mass is 35.5. The number of benzene rings is 1. The Morgan fingerprint density at radius 2 is 2.35 bits per heavy atom. The number of thiazole rings is 1. The maximum atomic E-state index is 11.8. The van der Waals surface area contributed by atoms with Crippen LogP contribution in [0.2, 0.25) is 5.02 Å². The number of aromatic nitrogens is 1. The SMILES string of the molecule is C=CCn1ccsc1=Nc1ccc(C(C)C(=O)OCC)cc1Cl. The first-order valence-electron chi connectivity index (χ1n) is 7.32. The summed E-state index contributed by atoms with van der Waals surface area (Å²) in [4.78, 5) is 17.2. The fourth-order valence-corrected chi connectivity index (χ4v) is 3.04. The molecule has 0 bridgehead atoms. The van der Waals surface area contributed by atoms with Crippen molar-refractivity contribution in [3.8, 4) is 0 Å². The standard InChI is InChI=1S/C17H19ClN2O2S/c1-4-8-20-9-10-23-17(20)19-15-7-6-13(11-14(15)18)12(3)16(21)22-5-2/h4,6-7,9-12H,1,5,8H2,2-3H3. The third-order valence-electron chi connectivity index (χ3n) is 3.31. The fourth-order valence-electron chi connectivity index (χ4n) is 2.05. The molecule has 1 atom stereocenters. The molecule has 6 heteroatoms. The largest absolute Gasteiger partial charge is 0.466 e. The van der Waals surface area contributed by atoms with Gasteiger partial charge in [-0.2, -0.15) is 0 Å². The third kappa shape index (κ3) is 4.33. The first kappa shape index (κ1) is 17.5. The van der Waals surface area contributed by atoms with E-state index in [-0.39, 0.29) is 11.9 Å². The van der Waals surface area contributed by atoms with E-state index in [2.05, 4.69) is 11.6 Å². The quantitative estimate of drug-likeness (QED) is 0.576. The van der Waals surface area contributed by atoms with Crippen molar-refractivity contribution >= 4 is 34.6 Å². The number of carbonyl (C=O) groups is 1. The normalized spacial score (nSPS) is 12.9. The Hall–Kier alpha value is -1.85. The lowest BCUT2D eigenvalue weighted by molar-refractivity contribution is -0.144. The smallest absolute Gasteiger partial charge is 0.313 e. The Labute approximate surface area is 144 Å². The van der Waals surface area contributed by atoms with Gasteiger partial charge < -0.3 is 9.30 Å². The maximum absolute atomic E-state index is 11.8. The molecule has 1 heterocycles. The molecule has 0 aliphatic heterocycles. The Balaban J connectivity index is 2.31. The molecular formula is C17H19ClN2O2S. The summed E-state index contributed by atoms with van der Waals surface area (Å²) in [6.45, 7) is 8.39. The number of hydrogen-bond donors (Lipinski definition) is 0. The third-order valence-corrected chi connectivity index (χ3v) is 4.41. The minimum Gasteiger partial charge on any atom is -0.466 e. The van der Waals surface area contributed by atoms with Crippen molar-refractivity contribution in [1.29, 1.82) is 0 Å². The van der Waals surface area contributed by atoms with Crippen LogP contribution in [0.1, 0.15) is 25.3 Å². The molecule has 0 amide bonds. The summed E-state index contributed by atoms with van der Waals surface area (Å²) in [7, 11) is 0. The van der Waals surface area contributed by atoms with Crippen molar-refractivity contribution < 1.29 is 9.53 Å². The number of esters is 1. The van der Waals surface area contributed by atoms with E-state index in [4.69, 9.17) is 16.3 Å². The first-order chi connectivity index (χ1) is 11.1. The number of nitrogens with zero attached hydrogens (tertiary/aromatic N) is 2. The van der Waals surface area contributed by atoms with Gasteiger partial charge in [0.25, 0.3) is 0 Å². The minimum atomic E-state index is -0.353. The van der Waals surface area contributed by atoms with Crippen LogP contribution in [0.15, 0.2) is 47.4 Å². The average molecular weight is 351 g/mol. The van der Waals surface area contributed by atoms with Gasteiger partial charge in [-0.15, -0.1) is 17.9 Å². The molecule has 0 N–H and O–H groups in total.